The highest BCUT2D eigenvalue weighted by Crippen LogP contribution is 2.30. The van der Waals surface area contributed by atoms with Crippen LogP contribution in [-0.2, 0) is 6.42 Å². The van der Waals surface area contributed by atoms with Crippen molar-refractivity contribution in [2.24, 2.45) is 0 Å². The number of halogens is 1. The van der Waals surface area contributed by atoms with E-state index < -0.39 is 0 Å². The third-order valence-corrected chi connectivity index (χ3v) is 2.95. The molecular weight excluding hydrogens is 268 g/mol. The molecule has 1 aromatic carbocycles. The molecule has 1 heterocycles. The second-order valence-corrected chi connectivity index (χ2v) is 4.66. The van der Waals surface area contributed by atoms with E-state index in [2.05, 4.69) is 33.2 Å². The number of aryl methyl sites for hydroxylation is 1. The van der Waals surface area contributed by atoms with Crippen molar-refractivity contribution in [1.29, 1.82) is 0 Å². The summed E-state index contributed by atoms with van der Waals surface area (Å²) in [5.41, 5.74) is 9.74. The minimum Gasteiger partial charge on any atom is -0.367 e. The van der Waals surface area contributed by atoms with Gasteiger partial charge in [0.05, 0.1) is 0 Å². The monoisotopic (exact) mass is 280 g/mol. The summed E-state index contributed by atoms with van der Waals surface area (Å²) in [4.78, 5) is 0. The predicted molar refractivity (Wildman–Crippen MR) is 68.2 cm³/mol. The molecule has 16 heavy (non-hydrogen) atoms. The van der Waals surface area contributed by atoms with Crippen LogP contribution in [0.4, 0.5) is 5.88 Å². The van der Waals surface area contributed by atoms with E-state index in [0.717, 1.165) is 27.7 Å². The van der Waals surface area contributed by atoms with Gasteiger partial charge in [0.1, 0.15) is 5.69 Å². The van der Waals surface area contributed by atoms with E-state index >= 15 is 0 Å². The Balaban J connectivity index is 2.58. The average Bonchev–Trinajstić information content (AvgIpc) is 2.58. The molecule has 2 aromatic rings. The van der Waals surface area contributed by atoms with E-state index in [4.69, 9.17) is 10.3 Å². The second kappa shape index (κ2) is 4.29. The lowest BCUT2D eigenvalue weighted by molar-refractivity contribution is 0.438. The molecule has 0 aliphatic carbocycles. The Morgan fingerprint density at radius 3 is 2.75 bits per heavy atom. The van der Waals surface area contributed by atoms with Crippen molar-refractivity contribution < 1.29 is 4.52 Å². The van der Waals surface area contributed by atoms with Crippen molar-refractivity contribution in [2.45, 2.75) is 20.3 Å². The third-order valence-electron chi connectivity index (χ3n) is 2.49. The lowest BCUT2D eigenvalue weighted by Crippen LogP contribution is -1.90. The number of aromatic nitrogens is 1. The van der Waals surface area contributed by atoms with Crippen LogP contribution in [0.5, 0.6) is 0 Å². The highest BCUT2D eigenvalue weighted by Gasteiger charge is 2.14. The largest absolute Gasteiger partial charge is 0.367 e. The van der Waals surface area contributed by atoms with Crippen LogP contribution >= 0.6 is 15.9 Å². The third kappa shape index (κ3) is 1.97. The summed E-state index contributed by atoms with van der Waals surface area (Å²) in [5, 5.41) is 4.02. The fourth-order valence-corrected chi connectivity index (χ4v) is 2.37. The van der Waals surface area contributed by atoms with Crippen LogP contribution < -0.4 is 5.73 Å². The topological polar surface area (TPSA) is 52.0 Å². The molecule has 0 saturated heterocycles. The molecule has 0 aliphatic heterocycles. The van der Waals surface area contributed by atoms with E-state index in [1.807, 2.05) is 19.9 Å². The Morgan fingerprint density at radius 1 is 1.38 bits per heavy atom. The van der Waals surface area contributed by atoms with Crippen molar-refractivity contribution in [3.8, 4) is 11.3 Å². The number of nitrogens with two attached hydrogens (primary N) is 1. The lowest BCUT2D eigenvalue weighted by Gasteiger charge is -2.02. The van der Waals surface area contributed by atoms with Gasteiger partial charge in [0, 0.05) is 15.6 Å². The number of anilines is 1. The van der Waals surface area contributed by atoms with Crippen molar-refractivity contribution in [3.63, 3.8) is 0 Å². The molecule has 2 rings (SSSR count). The first kappa shape index (κ1) is 11.2. The molecule has 0 amide bonds. The standard InChI is InChI=1S/C12H13BrN2O/c1-3-10-11(15-16-12(10)14)8-4-7(2)5-9(13)6-8/h4-6H,3,14H2,1-2H3. The maximum atomic E-state index is 5.72. The summed E-state index contributed by atoms with van der Waals surface area (Å²) in [7, 11) is 0. The number of nitrogens with zero attached hydrogens (tertiary/aromatic N) is 1. The molecule has 0 saturated carbocycles. The highest BCUT2D eigenvalue weighted by atomic mass is 79.9. The van der Waals surface area contributed by atoms with Crippen LogP contribution in [0.25, 0.3) is 11.3 Å². The summed E-state index contributed by atoms with van der Waals surface area (Å²) in [6, 6.07) is 6.14. The molecule has 0 bridgehead atoms. The summed E-state index contributed by atoms with van der Waals surface area (Å²) in [6.07, 6.45) is 0.816. The van der Waals surface area contributed by atoms with Gasteiger partial charge in [-0.2, -0.15) is 0 Å². The molecule has 0 radical (unpaired) electrons. The molecule has 2 N–H and O–H groups in total. The van der Waals surface area contributed by atoms with Gasteiger partial charge in [0.25, 0.3) is 0 Å². The van der Waals surface area contributed by atoms with Crippen molar-refractivity contribution >= 4 is 21.8 Å². The molecule has 0 spiro atoms. The van der Waals surface area contributed by atoms with Crippen LogP contribution in [0, 0.1) is 6.92 Å². The van der Waals surface area contributed by atoms with Crippen LogP contribution in [-0.4, -0.2) is 5.16 Å². The van der Waals surface area contributed by atoms with Gasteiger partial charge >= 0.3 is 0 Å². The lowest BCUT2D eigenvalue weighted by atomic mass is 10.0. The summed E-state index contributed by atoms with van der Waals surface area (Å²) in [5.74, 6) is 0.412. The first-order valence-electron chi connectivity index (χ1n) is 5.13. The first-order valence-corrected chi connectivity index (χ1v) is 5.92. The minimum atomic E-state index is 0.412. The van der Waals surface area contributed by atoms with E-state index in [9.17, 15) is 0 Å². The first-order chi connectivity index (χ1) is 7.61. The molecule has 3 nitrogen and oxygen atoms in total. The zero-order chi connectivity index (χ0) is 11.7. The number of benzene rings is 1. The molecule has 0 unspecified atom stereocenters. The molecule has 1 aromatic heterocycles. The predicted octanol–water partition coefficient (Wildman–Crippen LogP) is 3.56. The van der Waals surface area contributed by atoms with Gasteiger partial charge in [-0.25, -0.2) is 0 Å². The van der Waals surface area contributed by atoms with E-state index in [-0.39, 0.29) is 0 Å². The highest BCUT2D eigenvalue weighted by molar-refractivity contribution is 9.10. The van der Waals surface area contributed by atoms with Crippen molar-refractivity contribution in [2.75, 3.05) is 5.73 Å². The minimum absolute atomic E-state index is 0.412. The number of hydrogen-bond acceptors (Lipinski definition) is 3. The molecular formula is C12H13BrN2O. The van der Waals surface area contributed by atoms with Gasteiger partial charge in [-0.1, -0.05) is 28.0 Å². The van der Waals surface area contributed by atoms with Crippen molar-refractivity contribution in [1.82, 2.24) is 5.16 Å². The van der Waals surface area contributed by atoms with Gasteiger partial charge < -0.3 is 10.3 Å². The summed E-state index contributed by atoms with van der Waals surface area (Å²) in [6.45, 7) is 4.08. The maximum Gasteiger partial charge on any atom is 0.225 e. The molecule has 0 fully saturated rings. The van der Waals surface area contributed by atoms with Gasteiger partial charge in [-0.3, -0.25) is 0 Å². The Labute approximate surface area is 103 Å². The SMILES string of the molecule is CCc1c(-c2cc(C)cc(Br)c2)noc1N. The van der Waals surface area contributed by atoms with Crippen LogP contribution in [0.15, 0.2) is 27.2 Å². The Kier molecular flexibility index (Phi) is 3.01. The number of hydrogen-bond donors (Lipinski definition) is 1. The summed E-state index contributed by atoms with van der Waals surface area (Å²) >= 11 is 3.47. The van der Waals surface area contributed by atoms with Crippen LogP contribution in [0.2, 0.25) is 0 Å². The number of rotatable bonds is 2. The molecule has 84 valence electrons. The van der Waals surface area contributed by atoms with Crippen LogP contribution in [0.1, 0.15) is 18.1 Å². The van der Waals surface area contributed by atoms with Gasteiger partial charge in [0.15, 0.2) is 0 Å². The van der Waals surface area contributed by atoms with E-state index in [0.29, 0.717) is 5.88 Å². The zero-order valence-corrected chi connectivity index (χ0v) is 10.8. The molecule has 4 heteroatoms. The zero-order valence-electron chi connectivity index (χ0n) is 9.25. The van der Waals surface area contributed by atoms with Gasteiger partial charge in [-0.15, -0.1) is 0 Å². The fourth-order valence-electron chi connectivity index (χ4n) is 1.76. The van der Waals surface area contributed by atoms with Gasteiger partial charge in [0.2, 0.25) is 5.88 Å². The van der Waals surface area contributed by atoms with E-state index in [1.54, 1.807) is 0 Å². The fraction of sp³-hybridized carbons (Fsp3) is 0.250. The second-order valence-electron chi connectivity index (χ2n) is 3.74. The Hall–Kier alpha value is -1.29. The van der Waals surface area contributed by atoms with Crippen LogP contribution in [0.3, 0.4) is 0 Å². The smallest absolute Gasteiger partial charge is 0.225 e. The summed E-state index contributed by atoms with van der Waals surface area (Å²) < 4.78 is 6.07. The normalized spacial score (nSPS) is 10.7. The van der Waals surface area contributed by atoms with Crippen molar-refractivity contribution in [3.05, 3.63) is 33.8 Å². The maximum absolute atomic E-state index is 5.72. The number of nitrogen functional groups attached to an aromatic ring is 1. The average molecular weight is 281 g/mol. The Morgan fingerprint density at radius 2 is 2.12 bits per heavy atom. The quantitative estimate of drug-likeness (QED) is 0.915. The van der Waals surface area contributed by atoms with E-state index in [1.165, 1.54) is 5.56 Å². The molecule has 0 aliphatic rings. The molecule has 0 atom stereocenters. The Bertz CT molecular complexity index is 499. The van der Waals surface area contributed by atoms with Gasteiger partial charge in [-0.05, 0) is 37.1 Å².